The minimum absolute atomic E-state index is 0.0518. The quantitative estimate of drug-likeness (QED) is 0.0621. The highest BCUT2D eigenvalue weighted by molar-refractivity contribution is 8.02. The Labute approximate surface area is 207 Å². The third kappa shape index (κ3) is 4.84. The van der Waals surface area contributed by atoms with Gasteiger partial charge in [0.25, 0.3) is 17.4 Å². The van der Waals surface area contributed by atoms with Crippen LogP contribution < -0.4 is 22.3 Å². The number of carboxylic acid groups (broad SMARTS) is 1. The summed E-state index contributed by atoms with van der Waals surface area (Å²) in [5.41, 5.74) is 10.1. The number of carbonyl (C=O) groups is 3. The molecule has 4 rings (SSSR count). The molecule has 0 radical (unpaired) electrons. The second-order valence-corrected chi connectivity index (χ2v) is 9.65. The summed E-state index contributed by atoms with van der Waals surface area (Å²) in [4.78, 5) is 59.8. The van der Waals surface area contributed by atoms with Crippen LogP contribution in [0.2, 0.25) is 0 Å². The van der Waals surface area contributed by atoms with Crippen molar-refractivity contribution in [3.8, 4) is 0 Å². The van der Waals surface area contributed by atoms with Gasteiger partial charge in [0.2, 0.25) is 17.5 Å². The number of oxime groups is 1. The number of carboxylic acids is 1. The van der Waals surface area contributed by atoms with Crippen LogP contribution in [0.1, 0.15) is 5.82 Å². The summed E-state index contributed by atoms with van der Waals surface area (Å²) in [7, 11) is 0. The van der Waals surface area contributed by atoms with Crippen LogP contribution in [0.4, 0.5) is 11.1 Å². The molecule has 8 N–H and O–H groups in total. The number of hydrogen-bond acceptors (Lipinski definition) is 14. The van der Waals surface area contributed by atoms with Crippen molar-refractivity contribution in [3.05, 3.63) is 45.0 Å². The molecule has 0 unspecified atom stereocenters. The van der Waals surface area contributed by atoms with Crippen LogP contribution >= 0.6 is 35.1 Å². The Bertz CT molecular complexity index is 1370. The van der Waals surface area contributed by atoms with Gasteiger partial charge < -0.3 is 27.1 Å². The number of nitrogens with two attached hydrogens (primary N) is 2. The van der Waals surface area contributed by atoms with Crippen molar-refractivity contribution in [1.29, 1.82) is 0 Å². The van der Waals surface area contributed by atoms with Gasteiger partial charge in [0.1, 0.15) is 22.1 Å². The van der Waals surface area contributed by atoms with Gasteiger partial charge in [-0.2, -0.15) is 9.36 Å². The normalized spacial score (nSPS) is 20.1. The number of nitrogens with one attached hydrogen (secondary N) is 2. The minimum Gasteiger partial charge on any atom is -0.477 e. The van der Waals surface area contributed by atoms with E-state index >= 15 is 0 Å². The van der Waals surface area contributed by atoms with Crippen molar-refractivity contribution in [3.63, 3.8) is 0 Å². The van der Waals surface area contributed by atoms with E-state index in [1.54, 1.807) is 0 Å². The van der Waals surface area contributed by atoms with Crippen LogP contribution in [0.3, 0.4) is 0 Å². The lowest BCUT2D eigenvalue weighted by molar-refractivity contribution is -0.150. The molecule has 0 spiro atoms. The van der Waals surface area contributed by atoms with E-state index in [4.69, 9.17) is 11.5 Å². The lowest BCUT2D eigenvalue weighted by Gasteiger charge is -2.49. The number of nitrogen functional groups attached to an aromatic ring is 2. The maximum Gasteiger partial charge on any atom is 0.352 e. The number of β-lactam (4-membered cyclic amide) rings is 1. The third-order valence-corrected chi connectivity index (χ3v) is 7.22. The van der Waals surface area contributed by atoms with Gasteiger partial charge in [-0.15, -0.1) is 11.8 Å². The van der Waals surface area contributed by atoms with Crippen LogP contribution in [-0.2, 0) is 14.4 Å². The zero-order valence-electron chi connectivity index (χ0n) is 17.2. The zero-order chi connectivity index (χ0) is 25.3. The molecule has 2 aromatic rings. The number of rotatable bonds is 7. The molecular weight excluding hydrogens is 522 g/mol. The van der Waals surface area contributed by atoms with Crippen molar-refractivity contribution in [1.82, 2.24) is 29.5 Å². The smallest absolute Gasteiger partial charge is 0.352 e. The number of anilines is 2. The topological polar surface area (TPSA) is 243 Å². The van der Waals surface area contributed by atoms with Crippen LogP contribution in [0, 0.1) is 0 Å². The lowest BCUT2D eigenvalue weighted by atomic mass is 10.0. The Kier molecular flexibility index (Phi) is 6.76. The predicted octanol–water partition coefficient (Wildman–Crippen LogP) is -0.991. The van der Waals surface area contributed by atoms with E-state index in [-0.39, 0.29) is 28.4 Å². The van der Waals surface area contributed by atoms with Gasteiger partial charge in [0.15, 0.2) is 5.13 Å². The van der Waals surface area contributed by atoms with Crippen LogP contribution in [0.15, 0.2) is 43.8 Å². The number of allylic oxidation sites excluding steroid dienone is 1. The van der Waals surface area contributed by atoms with Gasteiger partial charge in [-0.3, -0.25) is 24.3 Å². The molecule has 182 valence electrons. The van der Waals surface area contributed by atoms with Gasteiger partial charge in [0.05, 0.1) is 0 Å². The molecular formula is C17H15N9O6S3. The number of carbonyl (C=O) groups excluding carboxylic acids is 2. The molecule has 4 heterocycles. The molecule has 1 saturated heterocycles. The maximum atomic E-state index is 12.8. The summed E-state index contributed by atoms with van der Waals surface area (Å²) in [6.45, 7) is 0. The summed E-state index contributed by atoms with van der Waals surface area (Å²) >= 11 is 3.07. The highest BCUT2D eigenvalue weighted by Gasteiger charge is 2.54. The molecule has 0 aromatic carbocycles. The first-order chi connectivity index (χ1) is 16.7. The van der Waals surface area contributed by atoms with E-state index < -0.39 is 40.5 Å². The molecule has 35 heavy (non-hydrogen) atoms. The number of fused-ring (bicyclic) bond motifs is 1. The summed E-state index contributed by atoms with van der Waals surface area (Å²) in [6, 6.07) is 0.174. The predicted molar refractivity (Wildman–Crippen MR) is 127 cm³/mol. The molecule has 2 amide bonds. The fourth-order valence-electron chi connectivity index (χ4n) is 3.20. The average Bonchev–Trinajstić information content (AvgIpc) is 3.22. The van der Waals surface area contributed by atoms with E-state index in [0.29, 0.717) is 10.6 Å². The number of H-pyrrole nitrogens is 1. The summed E-state index contributed by atoms with van der Waals surface area (Å²) in [6.07, 6.45) is 1.50. The highest BCUT2D eigenvalue weighted by atomic mass is 32.2. The summed E-state index contributed by atoms with van der Waals surface area (Å²) in [5, 5.41) is 25.4. The Morgan fingerprint density at radius 2 is 2.11 bits per heavy atom. The number of amides is 2. The first kappa shape index (κ1) is 24.2. The van der Waals surface area contributed by atoms with Gasteiger partial charge in [-0.1, -0.05) is 16.9 Å². The SMILES string of the molecule is Nc1nc(S/C=C/C2=C(C(=O)O)N3C(=O)[C@@H](NC(=O)/C(=N/O)c4nsc(N)n4)[C@H]3SC2)cc(=O)[nH]1. The molecule has 2 aromatic heterocycles. The molecule has 18 heteroatoms. The monoisotopic (exact) mass is 537 g/mol. The van der Waals surface area contributed by atoms with Crippen molar-refractivity contribution >= 4 is 69.6 Å². The number of thioether (sulfide) groups is 2. The molecule has 2 aliphatic heterocycles. The van der Waals surface area contributed by atoms with E-state index in [9.17, 15) is 29.5 Å². The Morgan fingerprint density at radius 1 is 1.34 bits per heavy atom. The maximum absolute atomic E-state index is 12.8. The number of aromatic nitrogens is 4. The molecule has 0 aliphatic carbocycles. The first-order valence-electron chi connectivity index (χ1n) is 9.43. The molecule has 1 fully saturated rings. The number of aromatic amines is 1. The van der Waals surface area contributed by atoms with Gasteiger partial charge >= 0.3 is 5.97 Å². The van der Waals surface area contributed by atoms with Crippen molar-refractivity contribution in [2.75, 3.05) is 17.2 Å². The summed E-state index contributed by atoms with van der Waals surface area (Å²) < 4.78 is 3.79. The molecule has 2 aliphatic rings. The lowest BCUT2D eigenvalue weighted by Crippen LogP contribution is -2.71. The average molecular weight is 538 g/mol. The van der Waals surface area contributed by atoms with E-state index in [1.165, 1.54) is 29.3 Å². The highest BCUT2D eigenvalue weighted by Crippen LogP contribution is 2.41. The van der Waals surface area contributed by atoms with Gasteiger partial charge in [-0.05, 0) is 17.1 Å². The molecule has 0 bridgehead atoms. The zero-order valence-corrected chi connectivity index (χ0v) is 19.7. The summed E-state index contributed by atoms with van der Waals surface area (Å²) in [5.74, 6) is -2.95. The van der Waals surface area contributed by atoms with Gasteiger partial charge in [-0.25, -0.2) is 9.78 Å². The number of hydrogen-bond donors (Lipinski definition) is 6. The first-order valence-corrected chi connectivity index (χ1v) is 12.1. The number of nitrogens with zero attached hydrogens (tertiary/aromatic N) is 5. The Morgan fingerprint density at radius 3 is 2.74 bits per heavy atom. The van der Waals surface area contributed by atoms with Crippen LogP contribution in [0.5, 0.6) is 0 Å². The van der Waals surface area contributed by atoms with Gasteiger partial charge in [0, 0.05) is 23.4 Å². The van der Waals surface area contributed by atoms with Crippen molar-refractivity contribution in [2.24, 2.45) is 5.16 Å². The Balaban J connectivity index is 1.49. The second kappa shape index (κ2) is 9.76. The van der Waals surface area contributed by atoms with E-state index in [2.05, 4.69) is 29.8 Å². The fourth-order valence-corrected chi connectivity index (χ4v) is 5.65. The van der Waals surface area contributed by atoms with Crippen molar-refractivity contribution in [2.45, 2.75) is 16.4 Å². The van der Waals surface area contributed by atoms with Crippen LogP contribution in [-0.4, -0.2) is 75.2 Å². The van der Waals surface area contributed by atoms with Crippen molar-refractivity contribution < 1.29 is 24.7 Å². The molecule has 15 nitrogen and oxygen atoms in total. The largest absolute Gasteiger partial charge is 0.477 e. The molecule has 2 atom stereocenters. The second-order valence-electron chi connectivity index (χ2n) is 6.83. The fraction of sp³-hybridized carbons (Fsp3) is 0.176. The standard InChI is InChI=1S/C17H15N9O6S3/c18-16-20-6(27)3-7(21-16)33-2-1-5-4-34-14-9(13(29)26(14)10(5)15(30)31)22-12(28)8(24-32)11-23-17(19)35-25-11/h1-3,9,14,32H,4H2,(H,22,28)(H,30,31)(H2,19,23,25)(H3,18,20,21,27)/b2-1+,24-8+/t9-,14-/m1/s1. The van der Waals surface area contributed by atoms with E-state index in [0.717, 1.165) is 28.2 Å². The Hall–Kier alpha value is -3.90. The third-order valence-electron chi connectivity index (χ3n) is 4.65. The minimum atomic E-state index is -1.32. The number of aliphatic carboxylic acids is 1. The van der Waals surface area contributed by atoms with Crippen LogP contribution in [0.25, 0.3) is 0 Å². The molecule has 0 saturated carbocycles. The van der Waals surface area contributed by atoms with E-state index in [1.807, 2.05) is 0 Å².